The molecule has 8 nitrogen and oxygen atoms in total. The maximum atomic E-state index is 12.5. The predicted molar refractivity (Wildman–Crippen MR) is 122 cm³/mol. The molecule has 0 fully saturated rings. The van der Waals surface area contributed by atoms with E-state index in [0.717, 1.165) is 5.56 Å². The Kier molecular flexibility index (Phi) is 6.45. The van der Waals surface area contributed by atoms with Crippen LogP contribution in [0.1, 0.15) is 44.9 Å². The molecule has 2 unspecified atom stereocenters. The lowest BCUT2D eigenvalue weighted by atomic mass is 9.97. The highest BCUT2D eigenvalue weighted by Gasteiger charge is 2.25. The number of benzene rings is 2. The number of hydrogen-bond acceptors (Lipinski definition) is 6. The Morgan fingerprint density at radius 1 is 1.32 bits per heavy atom. The van der Waals surface area contributed by atoms with Crippen LogP contribution in [-0.4, -0.2) is 27.7 Å². The quantitative estimate of drug-likeness (QED) is 0.384. The number of anilines is 1. The topological polar surface area (TPSA) is 103 Å². The molecule has 2 N–H and O–H groups in total. The lowest BCUT2D eigenvalue weighted by molar-refractivity contribution is -0.384. The molecule has 0 bridgehead atoms. The number of nitrogens with zero attached hydrogens (tertiary/aromatic N) is 1. The van der Waals surface area contributed by atoms with Gasteiger partial charge in [-0.3, -0.25) is 10.1 Å². The number of amides is 1. The average molecular weight is 444 g/mol. The third kappa shape index (κ3) is 5.91. The van der Waals surface area contributed by atoms with Gasteiger partial charge in [0.25, 0.3) is 5.69 Å². The molecule has 31 heavy (non-hydrogen) atoms. The highest BCUT2D eigenvalue weighted by molar-refractivity contribution is 7.80. The maximum absolute atomic E-state index is 12.5. The van der Waals surface area contributed by atoms with Gasteiger partial charge in [-0.25, -0.2) is 4.79 Å². The number of hydrogen-bond donors (Lipinski definition) is 2. The lowest BCUT2D eigenvalue weighted by Gasteiger charge is -2.28. The molecular formula is C22H25N3O5S. The van der Waals surface area contributed by atoms with Gasteiger partial charge in [0.15, 0.2) is 0 Å². The third-order valence-corrected chi connectivity index (χ3v) is 5.02. The number of carbonyl (C=O) groups excluding carboxylic acids is 1. The van der Waals surface area contributed by atoms with Gasteiger partial charge in [-0.1, -0.05) is 30.4 Å². The largest absolute Gasteiger partial charge is 0.481 e. The second-order valence-corrected chi connectivity index (χ2v) is 8.77. The van der Waals surface area contributed by atoms with Gasteiger partial charge < -0.3 is 20.1 Å². The van der Waals surface area contributed by atoms with Crippen molar-refractivity contribution < 1.29 is 19.2 Å². The van der Waals surface area contributed by atoms with E-state index in [-0.39, 0.29) is 11.8 Å². The van der Waals surface area contributed by atoms with E-state index in [1.165, 1.54) is 12.1 Å². The van der Waals surface area contributed by atoms with Crippen LogP contribution in [0, 0.1) is 10.1 Å². The van der Waals surface area contributed by atoms with Gasteiger partial charge in [0.05, 0.1) is 16.7 Å². The summed E-state index contributed by atoms with van der Waals surface area (Å²) >= 11 is 5.30. The molecule has 1 aliphatic heterocycles. The van der Waals surface area contributed by atoms with Crippen molar-refractivity contribution >= 4 is 34.7 Å². The smallest absolute Gasteiger partial charge is 0.408 e. The molecule has 3 rings (SSSR count). The molecule has 0 aromatic heterocycles. The predicted octanol–water partition coefficient (Wildman–Crippen LogP) is 4.92. The first-order chi connectivity index (χ1) is 14.5. The number of alkyl carbamates (subject to hydrolysis) is 1. The monoisotopic (exact) mass is 443 g/mol. The third-order valence-electron chi connectivity index (χ3n) is 4.59. The number of fused-ring (bicyclic) bond motifs is 1. The summed E-state index contributed by atoms with van der Waals surface area (Å²) in [6.45, 7) is 7.21. The van der Waals surface area contributed by atoms with E-state index in [2.05, 4.69) is 10.6 Å². The van der Waals surface area contributed by atoms with Crippen molar-refractivity contribution in [2.75, 3.05) is 5.32 Å². The summed E-state index contributed by atoms with van der Waals surface area (Å²) in [6.07, 6.45) is -0.468. The number of rotatable bonds is 5. The molecule has 164 valence electrons. The molecule has 1 heterocycles. The van der Waals surface area contributed by atoms with Gasteiger partial charge in [-0.2, -0.15) is 0 Å². The Balaban J connectivity index is 1.91. The van der Waals surface area contributed by atoms with E-state index < -0.39 is 22.7 Å². The van der Waals surface area contributed by atoms with Crippen LogP contribution in [0.25, 0.3) is 0 Å². The number of thiocarbonyl (C=S) groups is 1. The van der Waals surface area contributed by atoms with Crippen LogP contribution in [0.5, 0.6) is 5.75 Å². The Hall–Kier alpha value is -3.20. The van der Waals surface area contributed by atoms with Crippen LogP contribution < -0.4 is 15.4 Å². The second-order valence-electron chi connectivity index (χ2n) is 8.33. The van der Waals surface area contributed by atoms with Gasteiger partial charge >= 0.3 is 6.09 Å². The zero-order valence-corrected chi connectivity index (χ0v) is 18.6. The van der Waals surface area contributed by atoms with Crippen LogP contribution in [0.4, 0.5) is 16.2 Å². The Labute approximate surface area is 186 Å². The van der Waals surface area contributed by atoms with Crippen LogP contribution in [-0.2, 0) is 11.2 Å². The van der Waals surface area contributed by atoms with Crippen LogP contribution in [0.2, 0.25) is 0 Å². The first kappa shape index (κ1) is 22.5. The lowest BCUT2D eigenvalue weighted by Crippen LogP contribution is -2.36. The summed E-state index contributed by atoms with van der Waals surface area (Å²) in [5.74, 6) is 0.663. The molecule has 9 heteroatoms. The van der Waals surface area contributed by atoms with Crippen LogP contribution in [0.15, 0.2) is 42.5 Å². The summed E-state index contributed by atoms with van der Waals surface area (Å²) in [6, 6.07) is 11.4. The molecule has 0 aliphatic carbocycles. The van der Waals surface area contributed by atoms with Gasteiger partial charge in [0.1, 0.15) is 22.4 Å². The molecule has 0 spiro atoms. The number of non-ortho nitro benzene ring substituents is 1. The summed E-state index contributed by atoms with van der Waals surface area (Å²) < 4.78 is 11.2. The zero-order chi connectivity index (χ0) is 22.8. The van der Waals surface area contributed by atoms with E-state index in [4.69, 9.17) is 21.7 Å². The van der Waals surface area contributed by atoms with E-state index in [0.29, 0.717) is 28.4 Å². The standard InChI is InChI=1S/C22H25N3O5S/c1-13-20(31)23-18-12-15(8-9-19(18)29-13)17(24-21(26)30-22(2,3)4)11-14-6-5-7-16(10-14)25(27)28/h5-10,12-13,17H,11H2,1-4H3,(H,23,31)(H,24,26). The van der Waals surface area contributed by atoms with Gasteiger partial charge in [-0.15, -0.1) is 0 Å². The van der Waals surface area contributed by atoms with E-state index in [9.17, 15) is 14.9 Å². The van der Waals surface area contributed by atoms with Crippen molar-refractivity contribution in [1.29, 1.82) is 0 Å². The number of carbonyl (C=O) groups is 1. The van der Waals surface area contributed by atoms with E-state index in [1.807, 2.05) is 25.1 Å². The van der Waals surface area contributed by atoms with Crippen molar-refractivity contribution in [2.45, 2.75) is 51.9 Å². The highest BCUT2D eigenvalue weighted by atomic mass is 32.1. The molecule has 1 aliphatic rings. The number of nitro benzene ring substituents is 1. The summed E-state index contributed by atoms with van der Waals surface area (Å²) in [5.41, 5.74) is 1.53. The van der Waals surface area contributed by atoms with E-state index in [1.54, 1.807) is 32.9 Å². The molecule has 2 atom stereocenters. The van der Waals surface area contributed by atoms with Crippen molar-refractivity contribution in [1.82, 2.24) is 5.32 Å². The fourth-order valence-electron chi connectivity index (χ4n) is 3.18. The summed E-state index contributed by atoms with van der Waals surface area (Å²) in [7, 11) is 0. The Morgan fingerprint density at radius 3 is 2.74 bits per heavy atom. The van der Waals surface area contributed by atoms with Crippen LogP contribution >= 0.6 is 12.2 Å². The summed E-state index contributed by atoms with van der Waals surface area (Å²) in [4.78, 5) is 23.8. The summed E-state index contributed by atoms with van der Waals surface area (Å²) in [5, 5.41) is 17.2. The first-order valence-electron chi connectivity index (χ1n) is 9.86. The number of nitrogens with one attached hydrogen (secondary N) is 2. The molecule has 1 amide bonds. The Morgan fingerprint density at radius 2 is 2.06 bits per heavy atom. The highest BCUT2D eigenvalue weighted by Crippen LogP contribution is 2.33. The average Bonchev–Trinajstić information content (AvgIpc) is 2.67. The molecule has 2 aromatic carbocycles. The van der Waals surface area contributed by atoms with Crippen LogP contribution in [0.3, 0.4) is 0 Å². The Bertz CT molecular complexity index is 1020. The SMILES string of the molecule is CC1Oc2ccc(C(Cc3cccc([N+](=O)[O-])c3)NC(=O)OC(C)(C)C)cc2NC1=S. The van der Waals surface area contributed by atoms with Crippen molar-refractivity contribution in [3.05, 3.63) is 63.7 Å². The zero-order valence-electron chi connectivity index (χ0n) is 17.8. The first-order valence-corrected chi connectivity index (χ1v) is 10.3. The number of ether oxygens (including phenoxy) is 2. The van der Waals surface area contributed by atoms with Gasteiger partial charge in [0, 0.05) is 12.1 Å². The van der Waals surface area contributed by atoms with Crippen molar-refractivity contribution in [3.63, 3.8) is 0 Å². The van der Waals surface area contributed by atoms with Gasteiger partial charge in [-0.05, 0) is 57.4 Å². The van der Waals surface area contributed by atoms with Gasteiger partial charge in [0.2, 0.25) is 0 Å². The van der Waals surface area contributed by atoms with Crippen molar-refractivity contribution in [3.8, 4) is 5.75 Å². The fourth-order valence-corrected chi connectivity index (χ4v) is 3.34. The minimum atomic E-state index is -0.659. The minimum Gasteiger partial charge on any atom is -0.481 e. The molecule has 0 radical (unpaired) electrons. The van der Waals surface area contributed by atoms with E-state index >= 15 is 0 Å². The molecular weight excluding hydrogens is 418 g/mol. The molecule has 2 aromatic rings. The maximum Gasteiger partial charge on any atom is 0.408 e. The minimum absolute atomic E-state index is 0.00615. The molecule has 0 saturated carbocycles. The van der Waals surface area contributed by atoms with Crippen molar-refractivity contribution in [2.24, 2.45) is 0 Å². The number of nitro groups is 1. The second kappa shape index (κ2) is 8.89. The fraction of sp³-hybridized carbons (Fsp3) is 0.364. The normalized spacial score (nSPS) is 16.4. The molecule has 0 saturated heterocycles.